The van der Waals surface area contributed by atoms with Gasteiger partial charge in [-0.15, -0.1) is 11.3 Å². The van der Waals surface area contributed by atoms with Gasteiger partial charge in [-0.25, -0.2) is 4.98 Å². The number of hydrogen-bond acceptors (Lipinski definition) is 5. The molecule has 2 aromatic rings. The predicted octanol–water partition coefficient (Wildman–Crippen LogP) is 6.47. The average Bonchev–Trinajstić information content (AvgIpc) is 3.21. The first-order valence-electron chi connectivity index (χ1n) is 13.3. The van der Waals surface area contributed by atoms with Crippen LogP contribution in [0, 0.1) is 18.8 Å². The molecule has 4 nitrogen and oxygen atoms in total. The molecule has 0 saturated heterocycles. The molecule has 34 heavy (non-hydrogen) atoms. The first-order valence-corrected chi connectivity index (χ1v) is 14.1. The monoisotopic (exact) mass is 479 g/mol. The Balaban J connectivity index is 1.20. The summed E-state index contributed by atoms with van der Waals surface area (Å²) in [5.41, 5.74) is 9.56. The molecule has 2 aliphatic rings. The third-order valence-electron chi connectivity index (χ3n) is 7.88. The van der Waals surface area contributed by atoms with E-state index in [1.54, 1.807) is 17.4 Å². The van der Waals surface area contributed by atoms with E-state index in [-0.39, 0.29) is 5.78 Å². The van der Waals surface area contributed by atoms with E-state index >= 15 is 0 Å². The SMILES string of the molecule is CCCN(CCC1CCC(CC(=O)C=Cc2ccccc2C)CC1)C1CCc2nc(N)sc2C1. The minimum atomic E-state index is 0.279. The molecule has 0 bridgehead atoms. The zero-order chi connectivity index (χ0) is 23.9. The summed E-state index contributed by atoms with van der Waals surface area (Å²) in [7, 11) is 0. The van der Waals surface area contributed by atoms with Gasteiger partial charge in [-0.05, 0) is 94.0 Å². The molecular weight excluding hydrogens is 438 g/mol. The zero-order valence-electron chi connectivity index (χ0n) is 21.0. The Bertz CT molecular complexity index is 974. The molecule has 1 heterocycles. The number of nitrogens with two attached hydrogens (primary N) is 1. The molecule has 1 aromatic heterocycles. The van der Waals surface area contributed by atoms with Crippen molar-refractivity contribution in [2.75, 3.05) is 18.8 Å². The van der Waals surface area contributed by atoms with Gasteiger partial charge in [0.05, 0.1) is 5.69 Å². The maximum Gasteiger partial charge on any atom is 0.180 e. The Hall–Kier alpha value is -1.98. The largest absolute Gasteiger partial charge is 0.375 e. The van der Waals surface area contributed by atoms with Gasteiger partial charge in [0.2, 0.25) is 0 Å². The highest BCUT2D eigenvalue weighted by Gasteiger charge is 2.28. The lowest BCUT2D eigenvalue weighted by Crippen LogP contribution is -2.41. The molecule has 0 radical (unpaired) electrons. The number of carbonyl (C=O) groups excluding carboxylic acids is 1. The van der Waals surface area contributed by atoms with Gasteiger partial charge in [0.25, 0.3) is 0 Å². The van der Waals surface area contributed by atoms with Gasteiger partial charge >= 0.3 is 0 Å². The van der Waals surface area contributed by atoms with E-state index in [0.29, 0.717) is 18.4 Å². The Labute approximate surface area is 209 Å². The number of nitrogens with zero attached hydrogens (tertiary/aromatic N) is 2. The van der Waals surface area contributed by atoms with E-state index in [1.165, 1.54) is 74.2 Å². The van der Waals surface area contributed by atoms with Crippen LogP contribution < -0.4 is 5.73 Å². The minimum Gasteiger partial charge on any atom is -0.375 e. The van der Waals surface area contributed by atoms with Gasteiger partial charge < -0.3 is 10.6 Å². The van der Waals surface area contributed by atoms with Crippen LogP contribution in [0.15, 0.2) is 30.3 Å². The number of hydrogen-bond donors (Lipinski definition) is 1. The molecule has 1 aromatic carbocycles. The summed E-state index contributed by atoms with van der Waals surface area (Å²) in [5, 5.41) is 0.730. The number of allylic oxidation sites excluding steroid dienone is 1. The number of aryl methyl sites for hydroxylation is 2. The highest BCUT2D eigenvalue weighted by molar-refractivity contribution is 7.15. The molecule has 2 N–H and O–H groups in total. The molecule has 0 amide bonds. The number of ketones is 1. The van der Waals surface area contributed by atoms with E-state index in [0.717, 1.165) is 29.5 Å². The van der Waals surface area contributed by atoms with Crippen LogP contribution in [0.5, 0.6) is 0 Å². The van der Waals surface area contributed by atoms with E-state index in [2.05, 4.69) is 35.9 Å². The molecule has 4 rings (SSSR count). The fourth-order valence-electron chi connectivity index (χ4n) is 5.84. The van der Waals surface area contributed by atoms with Crippen molar-refractivity contribution in [1.82, 2.24) is 9.88 Å². The van der Waals surface area contributed by atoms with Crippen molar-refractivity contribution in [2.24, 2.45) is 11.8 Å². The summed E-state index contributed by atoms with van der Waals surface area (Å²) >= 11 is 1.69. The zero-order valence-corrected chi connectivity index (χ0v) is 21.8. The van der Waals surface area contributed by atoms with Crippen molar-refractivity contribution in [1.29, 1.82) is 0 Å². The van der Waals surface area contributed by atoms with Gasteiger partial charge in [-0.3, -0.25) is 4.79 Å². The summed E-state index contributed by atoms with van der Waals surface area (Å²) in [6.07, 6.45) is 15.4. The number of anilines is 1. The normalized spacial score (nSPS) is 22.9. The molecular formula is C29H41N3OS. The Kier molecular flexibility index (Phi) is 8.96. The second kappa shape index (κ2) is 12.1. The minimum absolute atomic E-state index is 0.279. The first kappa shape index (κ1) is 25.1. The lowest BCUT2D eigenvalue weighted by Gasteiger charge is -2.36. The maximum absolute atomic E-state index is 12.5. The summed E-state index contributed by atoms with van der Waals surface area (Å²) in [6.45, 7) is 6.77. The van der Waals surface area contributed by atoms with Gasteiger partial charge in [-0.2, -0.15) is 0 Å². The van der Waals surface area contributed by atoms with E-state index in [9.17, 15) is 4.79 Å². The Morgan fingerprint density at radius 2 is 1.91 bits per heavy atom. The van der Waals surface area contributed by atoms with Crippen LogP contribution >= 0.6 is 11.3 Å². The summed E-state index contributed by atoms with van der Waals surface area (Å²) in [6, 6.07) is 8.87. The molecule has 2 aliphatic carbocycles. The lowest BCUT2D eigenvalue weighted by molar-refractivity contribution is -0.115. The second-order valence-electron chi connectivity index (χ2n) is 10.4. The van der Waals surface area contributed by atoms with Crippen molar-refractivity contribution in [3.8, 4) is 0 Å². The number of fused-ring (bicyclic) bond motifs is 1. The number of rotatable bonds is 10. The lowest BCUT2D eigenvalue weighted by atomic mass is 9.78. The molecule has 1 unspecified atom stereocenters. The summed E-state index contributed by atoms with van der Waals surface area (Å²) in [4.78, 5) is 21.2. The van der Waals surface area contributed by atoms with Gasteiger partial charge in [0, 0.05) is 17.3 Å². The molecule has 184 valence electrons. The number of carbonyl (C=O) groups is 1. The highest BCUT2D eigenvalue weighted by atomic mass is 32.1. The molecule has 1 atom stereocenters. The van der Waals surface area contributed by atoms with Crippen LogP contribution in [0.3, 0.4) is 0 Å². The molecule has 5 heteroatoms. The van der Waals surface area contributed by atoms with Crippen molar-refractivity contribution in [2.45, 2.75) is 84.1 Å². The Morgan fingerprint density at radius 1 is 1.15 bits per heavy atom. The van der Waals surface area contributed by atoms with Crippen molar-refractivity contribution < 1.29 is 4.79 Å². The number of aromatic nitrogens is 1. The highest BCUT2D eigenvalue weighted by Crippen LogP contribution is 2.34. The van der Waals surface area contributed by atoms with Crippen LogP contribution in [-0.2, 0) is 17.6 Å². The van der Waals surface area contributed by atoms with Crippen molar-refractivity contribution >= 4 is 28.3 Å². The van der Waals surface area contributed by atoms with Crippen LogP contribution in [0.25, 0.3) is 6.08 Å². The van der Waals surface area contributed by atoms with Gasteiger partial charge in [-0.1, -0.05) is 50.1 Å². The average molecular weight is 480 g/mol. The van der Waals surface area contributed by atoms with E-state index in [1.807, 2.05) is 18.2 Å². The van der Waals surface area contributed by atoms with E-state index in [4.69, 9.17) is 5.73 Å². The van der Waals surface area contributed by atoms with E-state index < -0.39 is 0 Å². The number of benzene rings is 1. The summed E-state index contributed by atoms with van der Waals surface area (Å²) in [5.74, 6) is 1.65. The first-order chi connectivity index (χ1) is 16.5. The van der Waals surface area contributed by atoms with Crippen LogP contribution in [0.2, 0.25) is 0 Å². The Morgan fingerprint density at radius 3 is 2.68 bits per heavy atom. The van der Waals surface area contributed by atoms with Crippen LogP contribution in [0.1, 0.15) is 80.0 Å². The number of nitrogen functional groups attached to an aromatic ring is 1. The fourth-order valence-corrected chi connectivity index (χ4v) is 6.78. The molecule has 0 aliphatic heterocycles. The topological polar surface area (TPSA) is 59.2 Å². The predicted molar refractivity (Wildman–Crippen MR) is 144 cm³/mol. The van der Waals surface area contributed by atoms with Crippen molar-refractivity contribution in [3.05, 3.63) is 52.0 Å². The molecule has 0 spiro atoms. The van der Waals surface area contributed by atoms with Gasteiger partial charge in [0.15, 0.2) is 10.9 Å². The quantitative estimate of drug-likeness (QED) is 0.397. The summed E-state index contributed by atoms with van der Waals surface area (Å²) < 4.78 is 0. The molecule has 1 saturated carbocycles. The number of thiazole rings is 1. The fraction of sp³-hybridized carbons (Fsp3) is 0.586. The van der Waals surface area contributed by atoms with Crippen LogP contribution in [-0.4, -0.2) is 34.8 Å². The third-order valence-corrected chi connectivity index (χ3v) is 8.82. The van der Waals surface area contributed by atoms with Gasteiger partial charge in [0.1, 0.15) is 0 Å². The maximum atomic E-state index is 12.5. The molecule has 1 fully saturated rings. The standard InChI is InChI=1S/C29H41N3OS/c1-3-17-32(25-13-15-27-28(20-25)34-29(30)31-27)18-16-22-8-10-23(11-9-22)19-26(33)14-12-24-7-5-4-6-21(24)2/h4-7,12,14,22-23,25H,3,8-11,13,15-20H2,1-2H3,(H2,30,31). The van der Waals surface area contributed by atoms with Crippen molar-refractivity contribution in [3.63, 3.8) is 0 Å². The van der Waals surface area contributed by atoms with Crippen LogP contribution in [0.4, 0.5) is 5.13 Å². The smallest absolute Gasteiger partial charge is 0.180 e. The third kappa shape index (κ3) is 6.79. The second-order valence-corrected chi connectivity index (χ2v) is 11.5.